The number of ether oxygens (including phenoxy) is 2. The van der Waals surface area contributed by atoms with Crippen molar-refractivity contribution < 1.29 is 22.3 Å². The van der Waals surface area contributed by atoms with Crippen LogP contribution in [0.3, 0.4) is 0 Å². The summed E-state index contributed by atoms with van der Waals surface area (Å²) in [4.78, 5) is -0.498. The Labute approximate surface area is 106 Å². The number of hydrogen-bond acceptors (Lipinski definition) is 5. The Bertz CT molecular complexity index is 542. The maximum absolute atomic E-state index is 13.9. The van der Waals surface area contributed by atoms with Crippen molar-refractivity contribution in [3.05, 3.63) is 17.4 Å². The van der Waals surface area contributed by atoms with E-state index in [0.29, 0.717) is 12.0 Å². The summed E-state index contributed by atoms with van der Waals surface area (Å²) in [5, 5.41) is 0. The molecule has 0 aromatic heterocycles. The van der Waals surface area contributed by atoms with E-state index in [1.807, 2.05) is 0 Å². The number of hydrogen-bond donors (Lipinski definition) is 1. The summed E-state index contributed by atoms with van der Waals surface area (Å²) in [6, 6.07) is 1.12. The molecule has 0 amide bonds. The van der Waals surface area contributed by atoms with Crippen LogP contribution in [0.15, 0.2) is 11.0 Å². The molecule has 0 bridgehead atoms. The van der Waals surface area contributed by atoms with Crippen LogP contribution >= 0.6 is 0 Å². The molecule has 0 aliphatic carbocycles. The SMILES string of the molecule is COc1c(CCN)cc(F)c(S(C)(=O)=O)c1OC. The second-order valence-corrected chi connectivity index (χ2v) is 5.68. The van der Waals surface area contributed by atoms with Gasteiger partial charge in [0, 0.05) is 11.8 Å². The first-order chi connectivity index (χ1) is 8.36. The predicted octanol–water partition coefficient (Wildman–Crippen LogP) is 0.748. The molecular formula is C11H16FNO4S. The van der Waals surface area contributed by atoms with Crippen LogP contribution in [0.4, 0.5) is 4.39 Å². The van der Waals surface area contributed by atoms with Crippen molar-refractivity contribution in [1.82, 2.24) is 0 Å². The van der Waals surface area contributed by atoms with E-state index in [-0.39, 0.29) is 18.0 Å². The molecule has 1 aromatic rings. The van der Waals surface area contributed by atoms with Gasteiger partial charge in [0.15, 0.2) is 21.3 Å². The number of methoxy groups -OCH3 is 2. The molecule has 0 aliphatic heterocycles. The Hall–Kier alpha value is -1.34. The van der Waals surface area contributed by atoms with Crippen LogP contribution in [0.5, 0.6) is 11.5 Å². The van der Waals surface area contributed by atoms with Gasteiger partial charge >= 0.3 is 0 Å². The molecule has 102 valence electrons. The van der Waals surface area contributed by atoms with E-state index in [0.717, 1.165) is 12.3 Å². The van der Waals surface area contributed by atoms with Gasteiger partial charge in [0.2, 0.25) is 0 Å². The molecule has 0 heterocycles. The minimum Gasteiger partial charge on any atom is -0.493 e. The normalized spacial score (nSPS) is 11.4. The van der Waals surface area contributed by atoms with Crippen LogP contribution in [0, 0.1) is 5.82 Å². The summed E-state index contributed by atoms with van der Waals surface area (Å²) in [7, 11) is -1.13. The molecule has 1 aromatic carbocycles. The van der Waals surface area contributed by atoms with Crippen molar-refractivity contribution in [3.8, 4) is 11.5 Å². The highest BCUT2D eigenvalue weighted by molar-refractivity contribution is 7.90. The third kappa shape index (κ3) is 2.73. The first-order valence-electron chi connectivity index (χ1n) is 5.20. The molecule has 7 heteroatoms. The summed E-state index contributed by atoms with van der Waals surface area (Å²) < 4.78 is 47.1. The molecule has 0 saturated heterocycles. The second-order valence-electron chi connectivity index (χ2n) is 3.72. The monoisotopic (exact) mass is 277 g/mol. The van der Waals surface area contributed by atoms with Gasteiger partial charge in [0.05, 0.1) is 14.2 Å². The summed E-state index contributed by atoms with van der Waals surface area (Å²) >= 11 is 0. The molecule has 18 heavy (non-hydrogen) atoms. The largest absolute Gasteiger partial charge is 0.493 e. The van der Waals surface area contributed by atoms with Crippen LogP contribution in [-0.2, 0) is 16.3 Å². The average molecular weight is 277 g/mol. The van der Waals surface area contributed by atoms with Gasteiger partial charge < -0.3 is 15.2 Å². The van der Waals surface area contributed by atoms with Crippen molar-refractivity contribution in [2.24, 2.45) is 5.73 Å². The third-order valence-corrected chi connectivity index (χ3v) is 3.54. The summed E-state index contributed by atoms with van der Waals surface area (Å²) in [5.74, 6) is -0.785. The third-order valence-electron chi connectivity index (χ3n) is 2.41. The molecule has 0 saturated carbocycles. The molecule has 0 fully saturated rings. The van der Waals surface area contributed by atoms with Crippen molar-refractivity contribution in [1.29, 1.82) is 0 Å². The number of rotatable bonds is 5. The lowest BCUT2D eigenvalue weighted by Gasteiger charge is -2.16. The predicted molar refractivity (Wildman–Crippen MR) is 65.4 cm³/mol. The fraction of sp³-hybridized carbons (Fsp3) is 0.455. The zero-order valence-corrected chi connectivity index (χ0v) is 11.3. The zero-order chi connectivity index (χ0) is 13.9. The summed E-state index contributed by atoms with van der Waals surface area (Å²) in [5.41, 5.74) is 5.89. The number of benzene rings is 1. The number of halogens is 1. The molecule has 0 spiro atoms. The molecule has 1 rings (SSSR count). The van der Waals surface area contributed by atoms with Gasteiger partial charge in [0.1, 0.15) is 10.7 Å². The second kappa shape index (κ2) is 5.53. The van der Waals surface area contributed by atoms with E-state index >= 15 is 0 Å². The van der Waals surface area contributed by atoms with Gasteiger partial charge in [-0.25, -0.2) is 12.8 Å². The van der Waals surface area contributed by atoms with E-state index < -0.39 is 20.5 Å². The van der Waals surface area contributed by atoms with Crippen molar-refractivity contribution in [3.63, 3.8) is 0 Å². The van der Waals surface area contributed by atoms with Gasteiger partial charge in [-0.05, 0) is 19.0 Å². The maximum atomic E-state index is 13.9. The lowest BCUT2D eigenvalue weighted by molar-refractivity contribution is 0.338. The standard InChI is InChI=1S/C11H16FNO4S/c1-16-9-7(4-5-13)6-8(12)11(10(9)17-2)18(3,14)15/h6H,4-5,13H2,1-3H3. The Morgan fingerprint density at radius 2 is 1.83 bits per heavy atom. The van der Waals surface area contributed by atoms with E-state index in [9.17, 15) is 12.8 Å². The maximum Gasteiger partial charge on any atom is 0.182 e. The van der Waals surface area contributed by atoms with Gasteiger partial charge in [-0.3, -0.25) is 0 Å². The van der Waals surface area contributed by atoms with E-state index in [1.165, 1.54) is 14.2 Å². The lowest BCUT2D eigenvalue weighted by atomic mass is 10.1. The molecule has 2 N–H and O–H groups in total. The van der Waals surface area contributed by atoms with Crippen LogP contribution in [0.2, 0.25) is 0 Å². The first kappa shape index (κ1) is 14.7. The minimum absolute atomic E-state index is 0.122. The van der Waals surface area contributed by atoms with Crippen LogP contribution in [0.25, 0.3) is 0 Å². The first-order valence-corrected chi connectivity index (χ1v) is 7.09. The van der Waals surface area contributed by atoms with E-state index in [1.54, 1.807) is 0 Å². The van der Waals surface area contributed by atoms with Crippen LogP contribution < -0.4 is 15.2 Å². The molecule has 0 atom stereocenters. The molecule has 5 nitrogen and oxygen atoms in total. The fourth-order valence-corrected chi connectivity index (χ4v) is 2.66. The smallest absolute Gasteiger partial charge is 0.182 e. The van der Waals surface area contributed by atoms with Crippen LogP contribution in [-0.4, -0.2) is 35.4 Å². The quantitative estimate of drug-likeness (QED) is 0.859. The number of sulfone groups is 1. The zero-order valence-electron chi connectivity index (χ0n) is 10.5. The van der Waals surface area contributed by atoms with Gasteiger partial charge in [0.25, 0.3) is 0 Å². The summed E-state index contributed by atoms with van der Waals surface area (Å²) in [6.07, 6.45) is 1.27. The molecule has 0 radical (unpaired) electrons. The molecular weight excluding hydrogens is 261 g/mol. The Balaban J connectivity index is 3.66. The van der Waals surface area contributed by atoms with Crippen LogP contribution in [0.1, 0.15) is 5.56 Å². The Morgan fingerprint density at radius 3 is 2.22 bits per heavy atom. The van der Waals surface area contributed by atoms with E-state index in [2.05, 4.69) is 0 Å². The van der Waals surface area contributed by atoms with Crippen molar-refractivity contribution in [2.45, 2.75) is 11.3 Å². The highest BCUT2D eigenvalue weighted by atomic mass is 32.2. The molecule has 0 aliphatic rings. The summed E-state index contributed by atoms with van der Waals surface area (Å²) in [6.45, 7) is 0.289. The van der Waals surface area contributed by atoms with Crippen molar-refractivity contribution >= 4 is 9.84 Å². The fourth-order valence-electron chi connectivity index (χ4n) is 1.74. The number of nitrogens with two attached hydrogens (primary N) is 1. The molecule has 0 unspecified atom stereocenters. The average Bonchev–Trinajstić information content (AvgIpc) is 2.26. The minimum atomic E-state index is -3.75. The van der Waals surface area contributed by atoms with Crippen molar-refractivity contribution in [2.75, 3.05) is 27.0 Å². The Morgan fingerprint density at radius 1 is 1.28 bits per heavy atom. The lowest BCUT2D eigenvalue weighted by Crippen LogP contribution is -2.10. The Kier molecular flexibility index (Phi) is 4.53. The van der Waals surface area contributed by atoms with Gasteiger partial charge in [-0.2, -0.15) is 0 Å². The van der Waals surface area contributed by atoms with Gasteiger partial charge in [-0.1, -0.05) is 0 Å². The highest BCUT2D eigenvalue weighted by Crippen LogP contribution is 2.39. The topological polar surface area (TPSA) is 78.6 Å². The van der Waals surface area contributed by atoms with Gasteiger partial charge in [-0.15, -0.1) is 0 Å². The van der Waals surface area contributed by atoms with E-state index in [4.69, 9.17) is 15.2 Å². The highest BCUT2D eigenvalue weighted by Gasteiger charge is 2.26.